The summed E-state index contributed by atoms with van der Waals surface area (Å²) in [5, 5.41) is 1.00. The summed E-state index contributed by atoms with van der Waals surface area (Å²) in [7, 11) is 1.67. The smallest absolute Gasteiger partial charge is 0.309 e. The highest BCUT2D eigenvalue weighted by Crippen LogP contribution is 2.44. The second-order valence-electron chi connectivity index (χ2n) is 8.66. The van der Waals surface area contributed by atoms with Gasteiger partial charge in [-0.1, -0.05) is 6.08 Å². The first-order valence-corrected chi connectivity index (χ1v) is 10.7. The van der Waals surface area contributed by atoms with Crippen LogP contribution in [0, 0.1) is 17.8 Å². The van der Waals surface area contributed by atoms with Crippen LogP contribution in [-0.4, -0.2) is 42.1 Å². The zero-order valence-corrected chi connectivity index (χ0v) is 18.1. The highest BCUT2D eigenvalue weighted by molar-refractivity contribution is 5.85. The number of halogens is 1. The fourth-order valence-corrected chi connectivity index (χ4v) is 5.10. The van der Waals surface area contributed by atoms with Gasteiger partial charge in [0.05, 0.1) is 24.6 Å². The number of ether oxygens (including phenoxy) is 2. The molecule has 5 nitrogen and oxygen atoms in total. The number of benzene rings is 1. The molecule has 5 unspecified atom stereocenters. The van der Waals surface area contributed by atoms with Crippen LogP contribution in [0.15, 0.2) is 43.1 Å². The molecule has 1 saturated carbocycles. The van der Waals surface area contributed by atoms with Crippen LogP contribution in [0.4, 0.5) is 0 Å². The zero-order chi connectivity index (χ0) is 20.0. The molecule has 3 aliphatic heterocycles. The standard InChI is InChI=1S/C24H28N2O3.ClH/c1-3-15-14-26-11-9-17(15)12-22(26)23(29-24(27)16-4-5-16)19-8-10-25-21-7-6-18(28-2)13-20(19)21;/h3,6-8,10,13,15-17,22-23H,1,4-5,9,11-12,14H2,2H3;1H. The third kappa shape index (κ3) is 3.81. The Hall–Kier alpha value is -2.11. The molecule has 4 aliphatic rings. The van der Waals surface area contributed by atoms with Gasteiger partial charge in [0.2, 0.25) is 0 Å². The molecule has 0 spiro atoms. The van der Waals surface area contributed by atoms with Crippen LogP contribution in [0.3, 0.4) is 0 Å². The Bertz CT molecular complexity index is 945. The minimum absolute atomic E-state index is 0. The van der Waals surface area contributed by atoms with Gasteiger partial charge in [-0.3, -0.25) is 14.7 Å². The van der Waals surface area contributed by atoms with Crippen molar-refractivity contribution in [1.82, 2.24) is 9.88 Å². The normalized spacial score (nSPS) is 28.4. The maximum atomic E-state index is 12.7. The van der Waals surface area contributed by atoms with Gasteiger partial charge in [-0.05, 0) is 68.3 Å². The lowest BCUT2D eigenvalue weighted by molar-refractivity contribution is -0.158. The number of piperidine rings is 3. The first-order chi connectivity index (χ1) is 14.2. The Morgan fingerprint density at radius 2 is 2.13 bits per heavy atom. The largest absolute Gasteiger partial charge is 0.497 e. The Morgan fingerprint density at radius 3 is 2.80 bits per heavy atom. The summed E-state index contributed by atoms with van der Waals surface area (Å²) in [5.41, 5.74) is 1.94. The van der Waals surface area contributed by atoms with Crippen LogP contribution in [0.25, 0.3) is 10.9 Å². The van der Waals surface area contributed by atoms with E-state index in [9.17, 15) is 4.79 Å². The van der Waals surface area contributed by atoms with Crippen molar-refractivity contribution >= 4 is 29.3 Å². The Morgan fingerprint density at radius 1 is 1.30 bits per heavy atom. The molecule has 30 heavy (non-hydrogen) atoms. The molecule has 0 N–H and O–H groups in total. The average molecular weight is 429 g/mol. The summed E-state index contributed by atoms with van der Waals surface area (Å²) in [6, 6.07) is 8.12. The van der Waals surface area contributed by atoms with Crippen molar-refractivity contribution in [3.05, 3.63) is 48.7 Å². The Balaban J connectivity index is 0.00000218. The minimum Gasteiger partial charge on any atom is -0.497 e. The lowest BCUT2D eigenvalue weighted by Gasteiger charge is -2.51. The maximum Gasteiger partial charge on any atom is 0.309 e. The highest BCUT2D eigenvalue weighted by atomic mass is 35.5. The molecule has 4 heterocycles. The number of aromatic nitrogens is 1. The number of methoxy groups -OCH3 is 1. The van der Waals surface area contributed by atoms with E-state index in [0.717, 1.165) is 54.6 Å². The number of hydrogen-bond donors (Lipinski definition) is 0. The summed E-state index contributed by atoms with van der Waals surface area (Å²) < 4.78 is 11.7. The molecule has 4 fully saturated rings. The topological polar surface area (TPSA) is 51.7 Å². The summed E-state index contributed by atoms with van der Waals surface area (Å²) >= 11 is 0. The molecule has 1 aromatic heterocycles. The Labute approximate surface area is 183 Å². The fraction of sp³-hybridized carbons (Fsp3) is 0.500. The van der Waals surface area contributed by atoms with Crippen LogP contribution < -0.4 is 4.74 Å². The lowest BCUT2D eigenvalue weighted by atomic mass is 9.73. The van der Waals surface area contributed by atoms with E-state index in [1.807, 2.05) is 30.5 Å². The number of hydrogen-bond acceptors (Lipinski definition) is 5. The van der Waals surface area contributed by atoms with Gasteiger partial charge < -0.3 is 9.47 Å². The summed E-state index contributed by atoms with van der Waals surface area (Å²) in [5.74, 6) is 1.97. The van der Waals surface area contributed by atoms with Crippen molar-refractivity contribution in [2.45, 2.75) is 37.8 Å². The van der Waals surface area contributed by atoms with Gasteiger partial charge in [-0.15, -0.1) is 19.0 Å². The number of esters is 1. The van der Waals surface area contributed by atoms with Crippen LogP contribution in [0.5, 0.6) is 5.75 Å². The van der Waals surface area contributed by atoms with Crippen LogP contribution >= 0.6 is 12.4 Å². The molecule has 3 saturated heterocycles. The lowest BCUT2D eigenvalue weighted by Crippen LogP contribution is -2.55. The monoisotopic (exact) mass is 428 g/mol. The van der Waals surface area contributed by atoms with Crippen molar-refractivity contribution in [3.8, 4) is 5.75 Å². The van der Waals surface area contributed by atoms with Gasteiger partial charge in [-0.25, -0.2) is 0 Å². The summed E-state index contributed by atoms with van der Waals surface area (Å²) in [4.78, 5) is 19.7. The quantitative estimate of drug-likeness (QED) is 0.498. The van der Waals surface area contributed by atoms with Crippen molar-refractivity contribution < 1.29 is 14.3 Å². The van der Waals surface area contributed by atoms with Gasteiger partial charge in [0.1, 0.15) is 11.9 Å². The van der Waals surface area contributed by atoms with Gasteiger partial charge in [0.25, 0.3) is 0 Å². The second kappa shape index (κ2) is 8.56. The van der Waals surface area contributed by atoms with Gasteiger partial charge >= 0.3 is 5.97 Å². The van der Waals surface area contributed by atoms with E-state index in [4.69, 9.17) is 9.47 Å². The van der Waals surface area contributed by atoms with E-state index in [0.29, 0.717) is 11.8 Å². The molecule has 2 bridgehead atoms. The molecule has 5 atom stereocenters. The SMILES string of the molecule is C=CC1CN2CCC1CC2C(OC(=O)C1CC1)c1ccnc2ccc(OC)cc12.Cl. The Kier molecular flexibility index (Phi) is 6.03. The first-order valence-electron chi connectivity index (χ1n) is 10.7. The van der Waals surface area contributed by atoms with E-state index >= 15 is 0 Å². The van der Waals surface area contributed by atoms with Crippen molar-refractivity contribution in [1.29, 1.82) is 0 Å². The number of fused-ring (bicyclic) bond motifs is 4. The third-order valence-electron chi connectivity index (χ3n) is 6.95. The van der Waals surface area contributed by atoms with E-state index in [1.54, 1.807) is 7.11 Å². The second-order valence-corrected chi connectivity index (χ2v) is 8.66. The molecule has 0 amide bonds. The molecular formula is C24H29ClN2O3. The number of rotatable bonds is 6. The predicted octanol–water partition coefficient (Wildman–Crippen LogP) is 4.56. The van der Waals surface area contributed by atoms with Crippen molar-refractivity contribution in [2.24, 2.45) is 17.8 Å². The predicted molar refractivity (Wildman–Crippen MR) is 119 cm³/mol. The maximum absolute atomic E-state index is 12.7. The van der Waals surface area contributed by atoms with Gasteiger partial charge in [-0.2, -0.15) is 0 Å². The molecule has 6 heteroatoms. The van der Waals surface area contributed by atoms with E-state index < -0.39 is 0 Å². The van der Waals surface area contributed by atoms with Crippen LogP contribution in [0.2, 0.25) is 0 Å². The molecule has 0 radical (unpaired) electrons. The highest BCUT2D eigenvalue weighted by Gasteiger charge is 2.45. The first kappa shape index (κ1) is 21.1. The summed E-state index contributed by atoms with van der Waals surface area (Å²) in [6.45, 7) is 6.10. The summed E-state index contributed by atoms with van der Waals surface area (Å²) in [6.07, 6.45) is 7.77. The molecule has 1 aromatic carbocycles. The average Bonchev–Trinajstić information content (AvgIpc) is 3.62. The molecule has 1 aliphatic carbocycles. The number of carbonyl (C=O) groups is 1. The number of nitrogens with zero attached hydrogens (tertiary/aromatic N) is 2. The molecule has 160 valence electrons. The molecule has 6 rings (SSSR count). The molecular weight excluding hydrogens is 400 g/mol. The van der Waals surface area contributed by atoms with Crippen molar-refractivity contribution in [2.75, 3.05) is 20.2 Å². The van der Waals surface area contributed by atoms with E-state index in [2.05, 4.69) is 22.5 Å². The fourth-order valence-electron chi connectivity index (χ4n) is 5.10. The minimum atomic E-state index is -0.283. The number of pyridine rings is 1. The van der Waals surface area contributed by atoms with Crippen LogP contribution in [0.1, 0.15) is 37.4 Å². The third-order valence-corrected chi connectivity index (χ3v) is 6.95. The van der Waals surface area contributed by atoms with Crippen LogP contribution in [-0.2, 0) is 9.53 Å². The van der Waals surface area contributed by atoms with E-state index in [1.165, 1.54) is 6.42 Å². The zero-order valence-electron chi connectivity index (χ0n) is 17.3. The molecule has 2 aromatic rings. The van der Waals surface area contributed by atoms with Gasteiger partial charge in [0.15, 0.2) is 0 Å². The van der Waals surface area contributed by atoms with Gasteiger partial charge in [0, 0.05) is 23.7 Å². The van der Waals surface area contributed by atoms with E-state index in [-0.39, 0.29) is 36.4 Å². The number of carbonyl (C=O) groups excluding carboxylic acids is 1. The van der Waals surface area contributed by atoms with Crippen molar-refractivity contribution in [3.63, 3.8) is 0 Å².